The number of hydrogen-bond acceptors (Lipinski definition) is 6. The van der Waals surface area contributed by atoms with E-state index in [-0.39, 0.29) is 31.1 Å². The van der Waals surface area contributed by atoms with Crippen LogP contribution in [-0.2, 0) is 28.6 Å². The normalized spacial score (nSPS) is 12.9. The Labute approximate surface area is 387 Å². The first-order chi connectivity index (χ1) is 31.0. The van der Waals surface area contributed by atoms with E-state index in [1.165, 1.54) is 89.9 Å². The zero-order valence-electron chi connectivity index (χ0n) is 40.8. The standard InChI is InChI=1S/C57H94O6/c1-4-7-10-13-16-19-22-25-28-29-30-33-35-38-41-44-47-50-56(59)62-53-54(63-57(60)51-48-45-42-39-36-32-27-24-21-18-15-12-9-6-3)52-61-55(58)49-46-43-40-37-34-31-26-23-20-17-14-11-8-5-2/h7,10,13,16,19,22,25,28-36,54H,4-6,8-9,11-12,14-15,17-18,20-21,23-24,26-27,37-53H2,1-3H3/b10-7-,16-13-,22-19-,28-25-,30-29+,34-31-,35-33-,36-32-. The van der Waals surface area contributed by atoms with Crippen LogP contribution >= 0.6 is 0 Å². The zero-order chi connectivity index (χ0) is 45.8. The molecule has 0 spiro atoms. The molecule has 0 aliphatic carbocycles. The molecule has 6 nitrogen and oxygen atoms in total. The Morgan fingerprint density at radius 2 is 0.635 bits per heavy atom. The molecule has 63 heavy (non-hydrogen) atoms. The maximum Gasteiger partial charge on any atom is 0.306 e. The molecular formula is C57H94O6. The van der Waals surface area contributed by atoms with Crippen LogP contribution in [0, 0.1) is 0 Å². The van der Waals surface area contributed by atoms with Crippen LogP contribution in [0.4, 0.5) is 0 Å². The molecule has 1 unspecified atom stereocenters. The van der Waals surface area contributed by atoms with E-state index in [0.717, 1.165) is 96.3 Å². The van der Waals surface area contributed by atoms with Gasteiger partial charge in [-0.05, 0) is 89.9 Å². The van der Waals surface area contributed by atoms with Gasteiger partial charge in [-0.15, -0.1) is 0 Å². The minimum absolute atomic E-state index is 0.107. The molecule has 0 saturated carbocycles. The maximum atomic E-state index is 12.8. The van der Waals surface area contributed by atoms with Crippen LogP contribution < -0.4 is 0 Å². The summed E-state index contributed by atoms with van der Waals surface area (Å²) in [7, 11) is 0. The van der Waals surface area contributed by atoms with Crippen molar-refractivity contribution in [1.82, 2.24) is 0 Å². The molecular weight excluding hydrogens is 781 g/mol. The van der Waals surface area contributed by atoms with Crippen LogP contribution in [0.25, 0.3) is 0 Å². The van der Waals surface area contributed by atoms with Crippen molar-refractivity contribution in [3.05, 3.63) is 97.2 Å². The van der Waals surface area contributed by atoms with Crippen LogP contribution in [0.1, 0.15) is 226 Å². The van der Waals surface area contributed by atoms with Gasteiger partial charge in [0.1, 0.15) is 13.2 Å². The average Bonchev–Trinajstić information content (AvgIpc) is 3.28. The summed E-state index contributed by atoms with van der Waals surface area (Å²) in [4.78, 5) is 38.0. The van der Waals surface area contributed by atoms with E-state index in [9.17, 15) is 14.4 Å². The molecule has 0 saturated heterocycles. The Hall–Kier alpha value is -3.67. The van der Waals surface area contributed by atoms with Gasteiger partial charge in [0, 0.05) is 19.3 Å². The van der Waals surface area contributed by atoms with E-state index < -0.39 is 6.10 Å². The predicted molar refractivity (Wildman–Crippen MR) is 270 cm³/mol. The number of esters is 3. The van der Waals surface area contributed by atoms with Gasteiger partial charge in [0.05, 0.1) is 0 Å². The summed E-state index contributed by atoms with van der Waals surface area (Å²) in [5.74, 6) is -0.985. The molecule has 0 rings (SSSR count). The molecule has 0 N–H and O–H groups in total. The summed E-state index contributed by atoms with van der Waals surface area (Å²) in [6.45, 7) is 6.41. The number of carbonyl (C=O) groups excluding carboxylic acids is 3. The summed E-state index contributed by atoms with van der Waals surface area (Å²) in [5, 5.41) is 0. The molecule has 358 valence electrons. The molecule has 0 bridgehead atoms. The van der Waals surface area contributed by atoms with Crippen molar-refractivity contribution in [1.29, 1.82) is 0 Å². The fourth-order valence-corrected chi connectivity index (χ4v) is 6.81. The molecule has 0 aliphatic rings. The van der Waals surface area contributed by atoms with E-state index in [2.05, 4.69) is 57.2 Å². The molecule has 0 aliphatic heterocycles. The summed E-state index contributed by atoms with van der Waals surface area (Å²) >= 11 is 0. The van der Waals surface area contributed by atoms with Gasteiger partial charge in [0.15, 0.2) is 6.10 Å². The van der Waals surface area contributed by atoms with Crippen LogP contribution in [0.3, 0.4) is 0 Å². The highest BCUT2D eigenvalue weighted by atomic mass is 16.6. The smallest absolute Gasteiger partial charge is 0.306 e. The highest BCUT2D eigenvalue weighted by Crippen LogP contribution is 2.13. The van der Waals surface area contributed by atoms with Crippen molar-refractivity contribution in [2.24, 2.45) is 0 Å². The van der Waals surface area contributed by atoms with Crippen LogP contribution in [0.5, 0.6) is 0 Å². The van der Waals surface area contributed by atoms with Gasteiger partial charge in [0.2, 0.25) is 0 Å². The van der Waals surface area contributed by atoms with Gasteiger partial charge in [-0.3, -0.25) is 14.4 Å². The number of unbranched alkanes of at least 4 members (excludes halogenated alkanes) is 23. The van der Waals surface area contributed by atoms with E-state index in [0.29, 0.717) is 19.3 Å². The number of hydrogen-bond donors (Lipinski definition) is 0. The molecule has 6 heteroatoms. The number of rotatable bonds is 45. The first-order valence-corrected chi connectivity index (χ1v) is 25.8. The summed E-state index contributed by atoms with van der Waals surface area (Å²) < 4.78 is 16.7. The molecule has 0 aromatic rings. The Bertz CT molecular complexity index is 1280. The van der Waals surface area contributed by atoms with E-state index in [1.54, 1.807) is 0 Å². The van der Waals surface area contributed by atoms with Gasteiger partial charge < -0.3 is 14.2 Å². The van der Waals surface area contributed by atoms with Crippen molar-refractivity contribution in [3.63, 3.8) is 0 Å². The third kappa shape index (κ3) is 49.2. The molecule has 0 fully saturated rings. The molecule has 0 radical (unpaired) electrons. The number of ether oxygens (including phenoxy) is 3. The van der Waals surface area contributed by atoms with E-state index >= 15 is 0 Å². The summed E-state index contributed by atoms with van der Waals surface area (Å²) in [6.07, 6.45) is 66.7. The Morgan fingerprint density at radius 3 is 1.02 bits per heavy atom. The first-order valence-electron chi connectivity index (χ1n) is 25.8. The predicted octanol–water partition coefficient (Wildman–Crippen LogP) is 17.0. The van der Waals surface area contributed by atoms with Crippen molar-refractivity contribution in [3.8, 4) is 0 Å². The SMILES string of the molecule is CC\C=C/C=C\C=C/C=C\C=C\C=C/CCCCCC(=O)OCC(COC(=O)CCCCC/C=C\CCCCCCCCC)OC(=O)CCCCC/C=C\CCCCCCCCC. The van der Waals surface area contributed by atoms with Crippen LogP contribution in [0.15, 0.2) is 97.2 Å². The number of allylic oxidation sites excluding steroid dienone is 16. The fraction of sp³-hybridized carbons (Fsp3) is 0.667. The van der Waals surface area contributed by atoms with Crippen LogP contribution in [-0.4, -0.2) is 37.2 Å². The fourth-order valence-electron chi connectivity index (χ4n) is 6.81. The highest BCUT2D eigenvalue weighted by molar-refractivity contribution is 5.71. The average molecular weight is 875 g/mol. The molecule has 0 aromatic carbocycles. The van der Waals surface area contributed by atoms with Crippen LogP contribution in [0.2, 0.25) is 0 Å². The van der Waals surface area contributed by atoms with Gasteiger partial charge in [-0.1, -0.05) is 214 Å². The van der Waals surface area contributed by atoms with Crippen molar-refractivity contribution >= 4 is 17.9 Å². The third-order valence-electron chi connectivity index (χ3n) is 10.7. The quantitative estimate of drug-likeness (QED) is 0.0199. The van der Waals surface area contributed by atoms with Gasteiger partial charge in [0.25, 0.3) is 0 Å². The Kier molecular flexibility index (Phi) is 48.0. The first kappa shape index (κ1) is 59.3. The topological polar surface area (TPSA) is 78.9 Å². The Morgan fingerprint density at radius 1 is 0.333 bits per heavy atom. The second-order valence-corrected chi connectivity index (χ2v) is 16.8. The number of carbonyl (C=O) groups is 3. The summed E-state index contributed by atoms with van der Waals surface area (Å²) in [5.41, 5.74) is 0. The minimum atomic E-state index is -0.810. The molecule has 0 heterocycles. The van der Waals surface area contributed by atoms with Gasteiger partial charge in [-0.25, -0.2) is 0 Å². The van der Waals surface area contributed by atoms with Crippen molar-refractivity contribution in [2.75, 3.05) is 13.2 Å². The monoisotopic (exact) mass is 875 g/mol. The molecule has 0 aromatic heterocycles. The van der Waals surface area contributed by atoms with Crippen molar-refractivity contribution < 1.29 is 28.6 Å². The second-order valence-electron chi connectivity index (χ2n) is 16.8. The van der Waals surface area contributed by atoms with Gasteiger partial charge >= 0.3 is 17.9 Å². The lowest BCUT2D eigenvalue weighted by Gasteiger charge is -2.18. The lowest BCUT2D eigenvalue weighted by molar-refractivity contribution is -0.167. The van der Waals surface area contributed by atoms with Crippen molar-refractivity contribution in [2.45, 2.75) is 232 Å². The lowest BCUT2D eigenvalue weighted by atomic mass is 10.1. The largest absolute Gasteiger partial charge is 0.462 e. The highest BCUT2D eigenvalue weighted by Gasteiger charge is 2.19. The zero-order valence-corrected chi connectivity index (χ0v) is 40.8. The van der Waals surface area contributed by atoms with E-state index in [1.807, 2.05) is 60.8 Å². The molecule has 1 atom stereocenters. The van der Waals surface area contributed by atoms with Gasteiger partial charge in [-0.2, -0.15) is 0 Å². The lowest BCUT2D eigenvalue weighted by Crippen LogP contribution is -2.30. The summed E-state index contributed by atoms with van der Waals surface area (Å²) in [6, 6.07) is 0. The third-order valence-corrected chi connectivity index (χ3v) is 10.7. The Balaban J connectivity index is 4.53. The maximum absolute atomic E-state index is 12.8. The minimum Gasteiger partial charge on any atom is -0.462 e. The molecule has 0 amide bonds. The van der Waals surface area contributed by atoms with E-state index in [4.69, 9.17) is 14.2 Å². The second kappa shape index (κ2) is 51.0.